The summed E-state index contributed by atoms with van der Waals surface area (Å²) in [5, 5.41) is 0. The fraction of sp³-hybridized carbons (Fsp3) is 0.300. The minimum Gasteiger partial charge on any atom is -0.465 e. The van der Waals surface area contributed by atoms with Gasteiger partial charge in [0.25, 0.3) is 0 Å². The van der Waals surface area contributed by atoms with Gasteiger partial charge in [-0.3, -0.25) is 4.79 Å². The van der Waals surface area contributed by atoms with Gasteiger partial charge in [-0.1, -0.05) is 6.07 Å². The molecule has 1 aromatic carbocycles. The highest BCUT2D eigenvalue weighted by Gasteiger charge is 2.27. The first-order valence-corrected chi connectivity index (χ1v) is 4.27. The van der Waals surface area contributed by atoms with Crippen molar-refractivity contribution in [2.75, 3.05) is 6.61 Å². The molecule has 1 saturated heterocycles. The third kappa shape index (κ3) is 1.60. The van der Waals surface area contributed by atoms with Crippen molar-refractivity contribution < 1.29 is 18.3 Å². The van der Waals surface area contributed by atoms with Gasteiger partial charge in [0, 0.05) is 12.0 Å². The van der Waals surface area contributed by atoms with Crippen molar-refractivity contribution in [2.45, 2.75) is 12.3 Å². The van der Waals surface area contributed by atoms with E-state index in [0.29, 0.717) is 5.56 Å². The van der Waals surface area contributed by atoms with Crippen LogP contribution in [0.1, 0.15) is 17.9 Å². The molecular formula is C10H8F2O2. The van der Waals surface area contributed by atoms with Crippen molar-refractivity contribution in [3.8, 4) is 0 Å². The van der Waals surface area contributed by atoms with E-state index < -0.39 is 11.6 Å². The molecule has 1 aliphatic heterocycles. The van der Waals surface area contributed by atoms with Crippen molar-refractivity contribution >= 4 is 5.97 Å². The summed E-state index contributed by atoms with van der Waals surface area (Å²) in [6, 6.07) is 3.36. The standard InChI is InChI=1S/C10H8F2O2/c11-7-1-2-8(9(12)4-7)6-3-10(13)14-5-6/h1-2,4,6H,3,5H2. The van der Waals surface area contributed by atoms with E-state index in [-0.39, 0.29) is 24.9 Å². The lowest BCUT2D eigenvalue weighted by Gasteiger charge is -2.07. The molecule has 0 saturated carbocycles. The maximum absolute atomic E-state index is 13.2. The number of esters is 1. The molecule has 74 valence electrons. The highest BCUT2D eigenvalue weighted by molar-refractivity contribution is 5.72. The first kappa shape index (κ1) is 9.12. The Hall–Kier alpha value is -1.45. The van der Waals surface area contributed by atoms with E-state index in [9.17, 15) is 13.6 Å². The molecule has 4 heteroatoms. The van der Waals surface area contributed by atoms with E-state index in [1.165, 1.54) is 12.1 Å². The second-order valence-electron chi connectivity index (χ2n) is 3.25. The fourth-order valence-corrected chi connectivity index (χ4v) is 1.54. The van der Waals surface area contributed by atoms with E-state index in [2.05, 4.69) is 0 Å². The van der Waals surface area contributed by atoms with Gasteiger partial charge in [0.1, 0.15) is 11.6 Å². The largest absolute Gasteiger partial charge is 0.465 e. The Morgan fingerprint density at radius 3 is 2.71 bits per heavy atom. The molecule has 1 aliphatic rings. The van der Waals surface area contributed by atoms with Crippen LogP contribution in [-0.2, 0) is 9.53 Å². The lowest BCUT2D eigenvalue weighted by Crippen LogP contribution is -2.01. The van der Waals surface area contributed by atoms with Gasteiger partial charge < -0.3 is 4.74 Å². The average molecular weight is 198 g/mol. The molecule has 2 rings (SSSR count). The summed E-state index contributed by atoms with van der Waals surface area (Å²) in [4.78, 5) is 10.8. The normalized spacial score (nSPS) is 21.0. The minimum atomic E-state index is -0.617. The first-order chi connectivity index (χ1) is 6.66. The average Bonchev–Trinajstić information content (AvgIpc) is 2.51. The van der Waals surface area contributed by atoms with Crippen LogP contribution in [0.15, 0.2) is 18.2 Å². The first-order valence-electron chi connectivity index (χ1n) is 4.27. The zero-order valence-electron chi connectivity index (χ0n) is 7.30. The number of carbonyl (C=O) groups excluding carboxylic acids is 1. The predicted molar refractivity (Wildman–Crippen MR) is 44.7 cm³/mol. The maximum atomic E-state index is 13.2. The molecule has 0 N–H and O–H groups in total. The van der Waals surface area contributed by atoms with E-state index in [1.54, 1.807) is 0 Å². The van der Waals surface area contributed by atoms with E-state index >= 15 is 0 Å². The number of rotatable bonds is 1. The third-order valence-corrected chi connectivity index (χ3v) is 2.26. The summed E-state index contributed by atoms with van der Waals surface area (Å²) in [5.74, 6) is -1.84. The number of hydrogen-bond donors (Lipinski definition) is 0. The van der Waals surface area contributed by atoms with Crippen molar-refractivity contribution in [1.82, 2.24) is 0 Å². The van der Waals surface area contributed by atoms with Crippen molar-refractivity contribution in [1.29, 1.82) is 0 Å². The number of cyclic esters (lactones) is 1. The van der Waals surface area contributed by atoms with Crippen LogP contribution in [-0.4, -0.2) is 12.6 Å². The van der Waals surface area contributed by atoms with Crippen molar-refractivity contribution in [3.05, 3.63) is 35.4 Å². The number of hydrogen-bond acceptors (Lipinski definition) is 2. The molecule has 1 unspecified atom stereocenters. The van der Waals surface area contributed by atoms with Gasteiger partial charge in [0.2, 0.25) is 0 Å². The molecule has 1 fully saturated rings. The summed E-state index contributed by atoms with van der Waals surface area (Å²) in [6.45, 7) is 0.182. The molecular weight excluding hydrogens is 190 g/mol. The lowest BCUT2D eigenvalue weighted by molar-refractivity contribution is -0.137. The highest BCUT2D eigenvalue weighted by atomic mass is 19.1. The van der Waals surface area contributed by atoms with Crippen LogP contribution in [0.25, 0.3) is 0 Å². The molecule has 0 aliphatic carbocycles. The summed E-state index contributed by atoms with van der Waals surface area (Å²) in [6.07, 6.45) is 0.169. The molecule has 1 heterocycles. The summed E-state index contributed by atoms with van der Waals surface area (Å²) >= 11 is 0. The number of benzene rings is 1. The molecule has 0 spiro atoms. The van der Waals surface area contributed by atoms with Crippen LogP contribution in [0.3, 0.4) is 0 Å². The van der Waals surface area contributed by atoms with Crippen molar-refractivity contribution in [3.63, 3.8) is 0 Å². The molecule has 0 radical (unpaired) electrons. The van der Waals surface area contributed by atoms with Gasteiger partial charge in [-0.2, -0.15) is 0 Å². The Bertz CT molecular complexity index is 376. The Morgan fingerprint density at radius 2 is 2.14 bits per heavy atom. The second-order valence-corrected chi connectivity index (χ2v) is 3.25. The fourth-order valence-electron chi connectivity index (χ4n) is 1.54. The Morgan fingerprint density at radius 1 is 1.36 bits per heavy atom. The maximum Gasteiger partial charge on any atom is 0.306 e. The van der Waals surface area contributed by atoms with Crippen LogP contribution in [0.5, 0.6) is 0 Å². The zero-order valence-corrected chi connectivity index (χ0v) is 7.30. The molecule has 0 aromatic heterocycles. The topological polar surface area (TPSA) is 26.3 Å². The van der Waals surface area contributed by atoms with Gasteiger partial charge in [-0.25, -0.2) is 8.78 Å². The van der Waals surface area contributed by atoms with Crippen LogP contribution in [0, 0.1) is 11.6 Å². The monoisotopic (exact) mass is 198 g/mol. The van der Waals surface area contributed by atoms with E-state index in [4.69, 9.17) is 4.74 Å². The summed E-state index contributed by atoms with van der Waals surface area (Å²) < 4.78 is 30.5. The zero-order chi connectivity index (χ0) is 10.1. The summed E-state index contributed by atoms with van der Waals surface area (Å²) in [5.41, 5.74) is 0.345. The van der Waals surface area contributed by atoms with Gasteiger partial charge in [-0.05, 0) is 11.6 Å². The molecule has 1 atom stereocenters. The Labute approximate surface area is 79.5 Å². The minimum absolute atomic E-state index is 0.169. The van der Waals surface area contributed by atoms with Crippen LogP contribution < -0.4 is 0 Å². The van der Waals surface area contributed by atoms with Crippen LogP contribution >= 0.6 is 0 Å². The highest BCUT2D eigenvalue weighted by Crippen LogP contribution is 2.28. The predicted octanol–water partition coefficient (Wildman–Crippen LogP) is 2.00. The smallest absolute Gasteiger partial charge is 0.306 e. The van der Waals surface area contributed by atoms with Gasteiger partial charge >= 0.3 is 5.97 Å². The van der Waals surface area contributed by atoms with Gasteiger partial charge in [-0.15, -0.1) is 0 Å². The Balaban J connectivity index is 2.28. The molecule has 1 aromatic rings. The van der Waals surface area contributed by atoms with Gasteiger partial charge in [0.05, 0.1) is 13.0 Å². The molecule has 2 nitrogen and oxygen atoms in total. The molecule has 0 amide bonds. The van der Waals surface area contributed by atoms with Crippen LogP contribution in [0.2, 0.25) is 0 Å². The van der Waals surface area contributed by atoms with E-state index in [1.807, 2.05) is 0 Å². The molecule has 0 bridgehead atoms. The quantitative estimate of drug-likeness (QED) is 0.645. The lowest BCUT2D eigenvalue weighted by atomic mass is 9.98. The third-order valence-electron chi connectivity index (χ3n) is 2.26. The Kier molecular flexibility index (Phi) is 2.19. The van der Waals surface area contributed by atoms with Gasteiger partial charge in [0.15, 0.2) is 0 Å². The number of carbonyl (C=O) groups is 1. The van der Waals surface area contributed by atoms with E-state index in [0.717, 1.165) is 6.07 Å². The number of ether oxygens (including phenoxy) is 1. The second kappa shape index (κ2) is 3.36. The van der Waals surface area contributed by atoms with Crippen molar-refractivity contribution in [2.24, 2.45) is 0 Å². The molecule has 14 heavy (non-hydrogen) atoms. The summed E-state index contributed by atoms with van der Waals surface area (Å²) in [7, 11) is 0. The number of halogens is 2. The van der Waals surface area contributed by atoms with Crippen LogP contribution in [0.4, 0.5) is 8.78 Å². The SMILES string of the molecule is O=C1CC(c2ccc(F)cc2F)CO1.